The van der Waals surface area contributed by atoms with Crippen molar-refractivity contribution in [3.8, 4) is 11.8 Å². The van der Waals surface area contributed by atoms with Gasteiger partial charge in [-0.3, -0.25) is 24.2 Å². The van der Waals surface area contributed by atoms with Crippen molar-refractivity contribution in [2.75, 3.05) is 7.11 Å². The van der Waals surface area contributed by atoms with Crippen LogP contribution in [0.3, 0.4) is 0 Å². The first-order valence-corrected chi connectivity index (χ1v) is 15.3. The third-order valence-corrected chi connectivity index (χ3v) is 8.47. The van der Waals surface area contributed by atoms with E-state index in [1.54, 1.807) is 13.2 Å². The maximum Gasteiger partial charge on any atom is 0.268 e. The molecule has 1 fully saturated rings. The Bertz CT molecular complexity index is 1520. The number of fused-ring (bicyclic) bond motifs is 1. The van der Waals surface area contributed by atoms with Gasteiger partial charge in [0.1, 0.15) is 17.5 Å². The van der Waals surface area contributed by atoms with E-state index >= 15 is 0 Å². The van der Waals surface area contributed by atoms with E-state index in [1.165, 1.54) is 0 Å². The minimum absolute atomic E-state index is 0.0349. The Morgan fingerprint density at radius 1 is 1.25 bits per heavy atom. The highest BCUT2D eigenvalue weighted by atomic mass is 32.1. The van der Waals surface area contributed by atoms with Crippen LogP contribution in [0.15, 0.2) is 30.3 Å². The van der Waals surface area contributed by atoms with Crippen LogP contribution >= 0.6 is 12.8 Å². The molecule has 0 saturated carbocycles. The summed E-state index contributed by atoms with van der Waals surface area (Å²) in [6, 6.07) is 9.70. The average Bonchev–Trinajstić information content (AvgIpc) is 3.72. The van der Waals surface area contributed by atoms with E-state index in [0.717, 1.165) is 22.3 Å². The zero-order chi connectivity index (χ0) is 32.0. The molecule has 6 N–H and O–H groups in total. The van der Waals surface area contributed by atoms with Gasteiger partial charge in [0.15, 0.2) is 0 Å². The first kappa shape index (κ1) is 32.9. The van der Waals surface area contributed by atoms with Gasteiger partial charge >= 0.3 is 0 Å². The van der Waals surface area contributed by atoms with Gasteiger partial charge in [0.2, 0.25) is 11.8 Å². The van der Waals surface area contributed by atoms with Crippen LogP contribution < -0.4 is 25.4 Å². The Hall–Kier alpha value is -4.02. The Morgan fingerprint density at radius 3 is 2.70 bits per heavy atom. The largest absolute Gasteiger partial charge is 0.496 e. The molecule has 44 heavy (non-hydrogen) atoms. The molecule has 236 valence electrons. The second-order valence-corrected chi connectivity index (χ2v) is 12.7. The number of ether oxygens (including phenoxy) is 1. The van der Waals surface area contributed by atoms with Crippen molar-refractivity contribution >= 4 is 41.4 Å². The third-order valence-electron chi connectivity index (χ3n) is 8.31. The number of aromatic nitrogens is 3. The van der Waals surface area contributed by atoms with Gasteiger partial charge < -0.3 is 25.7 Å². The lowest BCUT2D eigenvalue weighted by Gasteiger charge is -2.29. The summed E-state index contributed by atoms with van der Waals surface area (Å²) < 4.78 is 8.19. The van der Waals surface area contributed by atoms with Gasteiger partial charge in [-0.1, -0.05) is 46.6 Å². The van der Waals surface area contributed by atoms with Gasteiger partial charge in [-0.15, -0.1) is 0 Å². The lowest BCUT2D eigenvalue weighted by atomic mass is 9.78. The summed E-state index contributed by atoms with van der Waals surface area (Å²) in [4.78, 5) is 42.9. The molecule has 1 unspecified atom stereocenters. The number of methoxy groups -OCH3 is 1. The molecular weight excluding hydrogens is 580 g/mol. The molecule has 3 amide bonds. The Labute approximate surface area is 263 Å². The molecule has 0 aliphatic carbocycles. The van der Waals surface area contributed by atoms with Crippen LogP contribution in [-0.2, 0) is 21.5 Å². The van der Waals surface area contributed by atoms with Crippen LogP contribution in [0.2, 0.25) is 0 Å². The van der Waals surface area contributed by atoms with Gasteiger partial charge in [0.05, 0.1) is 31.0 Å². The maximum atomic E-state index is 13.5. The van der Waals surface area contributed by atoms with E-state index in [4.69, 9.17) is 4.74 Å². The molecule has 12 nitrogen and oxygen atoms in total. The first-order valence-electron chi connectivity index (χ1n) is 14.8. The van der Waals surface area contributed by atoms with Crippen molar-refractivity contribution in [1.82, 2.24) is 35.9 Å². The van der Waals surface area contributed by atoms with Crippen molar-refractivity contribution in [2.24, 2.45) is 11.8 Å². The van der Waals surface area contributed by atoms with Crippen LogP contribution in [0.1, 0.15) is 75.3 Å². The summed E-state index contributed by atoms with van der Waals surface area (Å²) in [6.07, 6.45) is 1.27. The molecule has 1 aliphatic rings. The number of carbonyl (C=O) groups excluding carboxylic acids is 3. The molecule has 1 aliphatic heterocycles. The molecule has 0 radical (unpaired) electrons. The highest BCUT2D eigenvalue weighted by Gasteiger charge is 2.43. The summed E-state index contributed by atoms with van der Waals surface area (Å²) in [5.74, 6) is -0.580. The van der Waals surface area contributed by atoms with E-state index < -0.39 is 35.2 Å². The monoisotopic (exact) mass is 622 g/mol. The maximum absolute atomic E-state index is 13.5. The number of nitrogens with zero attached hydrogens (tertiary/aromatic N) is 2. The van der Waals surface area contributed by atoms with Crippen molar-refractivity contribution in [3.63, 3.8) is 0 Å². The zero-order valence-electron chi connectivity index (χ0n) is 25.8. The second kappa shape index (κ2) is 14.2. The predicted octanol–water partition coefficient (Wildman–Crippen LogP) is 3.25. The van der Waals surface area contributed by atoms with E-state index in [-0.39, 0.29) is 24.3 Å². The molecule has 1 saturated heterocycles. The second-order valence-electron chi connectivity index (χ2n) is 12.4. The van der Waals surface area contributed by atoms with Crippen molar-refractivity contribution < 1.29 is 19.1 Å². The molecule has 3 aromatic rings. The summed E-state index contributed by atoms with van der Waals surface area (Å²) in [5, 5.41) is 26.7. The number of hydrogen-bond donors (Lipinski definition) is 7. The fourth-order valence-corrected chi connectivity index (χ4v) is 5.95. The van der Waals surface area contributed by atoms with Crippen molar-refractivity contribution in [1.29, 1.82) is 5.26 Å². The minimum Gasteiger partial charge on any atom is -0.496 e. The highest BCUT2D eigenvalue weighted by molar-refractivity contribution is 7.78. The van der Waals surface area contributed by atoms with E-state index in [1.807, 2.05) is 52.0 Å². The van der Waals surface area contributed by atoms with Gasteiger partial charge in [0.25, 0.3) is 5.91 Å². The number of H-pyrrole nitrogens is 2. The first-order chi connectivity index (χ1) is 21.0. The molecular formula is C31H42N8O4S. The number of aromatic amines is 2. The quantitative estimate of drug-likeness (QED) is 0.135. The summed E-state index contributed by atoms with van der Waals surface area (Å²) in [6.45, 7) is 8.52. The Balaban J connectivity index is 1.43. The zero-order valence-corrected chi connectivity index (χ0v) is 26.7. The van der Waals surface area contributed by atoms with Crippen molar-refractivity contribution in [3.05, 3.63) is 47.4 Å². The summed E-state index contributed by atoms with van der Waals surface area (Å²) in [7, 11) is 1.57. The number of thiol groups is 1. The number of amides is 3. The third kappa shape index (κ3) is 7.54. The average molecular weight is 623 g/mol. The summed E-state index contributed by atoms with van der Waals surface area (Å²) >= 11 is 4.04. The lowest BCUT2D eigenvalue weighted by Crippen LogP contribution is -2.50. The molecule has 2 aromatic heterocycles. The van der Waals surface area contributed by atoms with Crippen LogP contribution in [0.5, 0.6) is 5.75 Å². The molecule has 0 spiro atoms. The van der Waals surface area contributed by atoms with Gasteiger partial charge in [0, 0.05) is 40.9 Å². The fourth-order valence-electron chi connectivity index (χ4n) is 5.78. The van der Waals surface area contributed by atoms with E-state index in [2.05, 4.69) is 54.7 Å². The van der Waals surface area contributed by atoms with Crippen LogP contribution in [0.25, 0.3) is 10.9 Å². The summed E-state index contributed by atoms with van der Waals surface area (Å²) in [5.41, 5.74) is 2.30. The molecule has 0 bridgehead atoms. The van der Waals surface area contributed by atoms with Crippen LogP contribution in [0, 0.1) is 23.2 Å². The predicted molar refractivity (Wildman–Crippen MR) is 170 cm³/mol. The molecule has 3 heterocycles. The number of nitriles is 1. The van der Waals surface area contributed by atoms with Gasteiger partial charge in [-0.05, 0) is 49.4 Å². The molecule has 4 rings (SSSR count). The highest BCUT2D eigenvalue weighted by Crippen LogP contribution is 2.35. The molecule has 4 atom stereocenters. The number of carbonyl (C=O) groups is 3. The smallest absolute Gasteiger partial charge is 0.268 e. The van der Waals surface area contributed by atoms with Crippen LogP contribution in [-0.4, -0.2) is 58.1 Å². The van der Waals surface area contributed by atoms with Gasteiger partial charge in [-0.2, -0.15) is 10.4 Å². The number of benzene rings is 1. The number of nitrogens with one attached hydrogen (secondary N) is 6. The topological polar surface area (TPSA) is 177 Å². The minimum atomic E-state index is -0.832. The molecule has 13 heteroatoms. The van der Waals surface area contributed by atoms with E-state index in [0.29, 0.717) is 37.3 Å². The SMILES string of the molecule is COc1cccc2[nH]c(C(=O)N[C@@H](CC(C)C)C(=O)N[C@H](CC#N)C[C@@H]3CC(C(C)(C)c4cc(CNS)[nH]n4)NC3=O)cc12. The normalized spacial score (nSPS) is 18.1. The number of hydrogen-bond acceptors (Lipinski definition) is 8. The fraction of sp³-hybridized carbons (Fsp3) is 0.516. The standard InChI is InChI=1S/C31H42N8O4S/c1-17(2)11-23(36-30(42)24-15-21-22(35-24)7-6-8-25(21)43-5)29(41)34-19(9-10-32)12-18-13-26(37-28(18)40)31(3,4)27-14-20(16-33-44)38-39-27/h6-8,14-15,17-19,23,26,33,35,44H,9,11-13,16H2,1-5H3,(H,34,41)(H,36,42)(H,37,40)(H,38,39)/t18-,19-,23+,26?/m1/s1. The Kier molecular flexibility index (Phi) is 10.6. The molecule has 1 aromatic carbocycles. The van der Waals surface area contributed by atoms with E-state index in [9.17, 15) is 19.6 Å². The number of rotatable bonds is 14. The lowest BCUT2D eigenvalue weighted by molar-refractivity contribution is -0.126. The van der Waals surface area contributed by atoms with Crippen molar-refractivity contribution in [2.45, 2.75) is 83.5 Å². The van der Waals surface area contributed by atoms with Gasteiger partial charge in [-0.25, -0.2) is 0 Å². The van der Waals surface area contributed by atoms with Crippen LogP contribution in [0.4, 0.5) is 0 Å². The Morgan fingerprint density at radius 2 is 2.02 bits per heavy atom.